The number of nitrogens with two attached hydrogens (primary N) is 1. The van der Waals surface area contributed by atoms with Gasteiger partial charge >= 0.3 is 0 Å². The summed E-state index contributed by atoms with van der Waals surface area (Å²) in [5.41, 5.74) is 9.07. The van der Waals surface area contributed by atoms with Crippen LogP contribution in [0.3, 0.4) is 0 Å². The highest BCUT2D eigenvalue weighted by Crippen LogP contribution is 2.19. The zero-order valence-electron chi connectivity index (χ0n) is 14.8. The zero-order chi connectivity index (χ0) is 17.8. The van der Waals surface area contributed by atoms with E-state index in [9.17, 15) is 4.79 Å². The van der Waals surface area contributed by atoms with Crippen molar-refractivity contribution in [3.8, 4) is 0 Å². The number of aryl methyl sites for hydroxylation is 2. The minimum atomic E-state index is -0.0430. The average molecular weight is 339 g/mol. The van der Waals surface area contributed by atoms with Gasteiger partial charge in [0.2, 0.25) is 0 Å². The topological polar surface area (TPSA) is 84.1 Å². The summed E-state index contributed by atoms with van der Waals surface area (Å²) in [4.78, 5) is 23.4. The minimum Gasteiger partial charge on any atom is -0.399 e. The molecule has 1 aromatic heterocycles. The number of carbonyl (C=O) groups is 1. The summed E-state index contributed by atoms with van der Waals surface area (Å²) in [6.45, 7) is 5.77. The van der Waals surface area contributed by atoms with Gasteiger partial charge in [0.05, 0.1) is 0 Å². The van der Waals surface area contributed by atoms with Crippen LogP contribution >= 0.6 is 0 Å². The van der Waals surface area contributed by atoms with Gasteiger partial charge in [-0.2, -0.15) is 0 Å². The van der Waals surface area contributed by atoms with Gasteiger partial charge < -0.3 is 16.0 Å². The Hall–Kier alpha value is -2.63. The molecule has 1 aromatic carbocycles. The Morgan fingerprint density at radius 2 is 2.04 bits per heavy atom. The lowest BCUT2D eigenvalue weighted by Crippen LogP contribution is -2.45. The van der Waals surface area contributed by atoms with Crippen molar-refractivity contribution in [2.75, 3.05) is 23.7 Å². The summed E-state index contributed by atoms with van der Waals surface area (Å²) < 4.78 is 0. The van der Waals surface area contributed by atoms with E-state index in [2.05, 4.69) is 33.2 Å². The Kier molecular flexibility index (Phi) is 5.16. The van der Waals surface area contributed by atoms with Crippen LogP contribution in [0.1, 0.15) is 41.4 Å². The molecule has 1 fully saturated rings. The SMILES string of the molecule is CCc1cc(N2CCC(NC(=O)c3cc(N)ccc3C)CC2)ncn1. The van der Waals surface area contributed by atoms with Gasteiger partial charge in [-0.05, 0) is 43.9 Å². The number of benzene rings is 1. The van der Waals surface area contributed by atoms with Gasteiger partial charge in [-0.1, -0.05) is 13.0 Å². The molecule has 0 atom stereocenters. The monoisotopic (exact) mass is 339 g/mol. The summed E-state index contributed by atoms with van der Waals surface area (Å²) in [7, 11) is 0. The van der Waals surface area contributed by atoms with Gasteiger partial charge in [0.15, 0.2) is 0 Å². The molecule has 2 heterocycles. The lowest BCUT2D eigenvalue weighted by atomic mass is 10.0. The molecule has 0 saturated carbocycles. The Bertz CT molecular complexity index is 753. The molecule has 0 radical (unpaired) electrons. The van der Waals surface area contributed by atoms with E-state index in [4.69, 9.17) is 5.73 Å². The molecule has 3 rings (SSSR count). The van der Waals surface area contributed by atoms with E-state index < -0.39 is 0 Å². The Morgan fingerprint density at radius 3 is 2.76 bits per heavy atom. The van der Waals surface area contributed by atoms with E-state index in [0.717, 1.165) is 49.4 Å². The third kappa shape index (κ3) is 4.07. The number of nitrogen functional groups attached to an aromatic ring is 1. The predicted molar refractivity (Wildman–Crippen MR) is 99.7 cm³/mol. The van der Waals surface area contributed by atoms with Gasteiger partial charge in [-0.25, -0.2) is 9.97 Å². The largest absolute Gasteiger partial charge is 0.399 e. The van der Waals surface area contributed by atoms with Gasteiger partial charge in [0, 0.05) is 42.1 Å². The van der Waals surface area contributed by atoms with Crippen LogP contribution in [0.15, 0.2) is 30.6 Å². The standard InChI is InChI=1S/C19H25N5O/c1-3-15-11-18(22-12-21-15)24-8-6-16(7-9-24)23-19(25)17-10-14(20)5-4-13(17)2/h4-5,10-12,16H,3,6-9,20H2,1-2H3,(H,23,25). The fraction of sp³-hybridized carbons (Fsp3) is 0.421. The first-order valence-corrected chi connectivity index (χ1v) is 8.79. The lowest BCUT2D eigenvalue weighted by molar-refractivity contribution is 0.0930. The number of aromatic nitrogens is 2. The Morgan fingerprint density at radius 1 is 1.28 bits per heavy atom. The number of rotatable bonds is 4. The smallest absolute Gasteiger partial charge is 0.251 e. The van der Waals surface area contributed by atoms with Crippen LogP contribution in [0, 0.1) is 6.92 Å². The number of anilines is 2. The van der Waals surface area contributed by atoms with Gasteiger partial charge in [0.25, 0.3) is 5.91 Å². The molecule has 0 spiro atoms. The highest BCUT2D eigenvalue weighted by atomic mass is 16.1. The number of carbonyl (C=O) groups excluding carboxylic acids is 1. The van der Waals surface area contributed by atoms with Crippen molar-refractivity contribution in [2.45, 2.75) is 39.2 Å². The van der Waals surface area contributed by atoms with E-state index >= 15 is 0 Å². The predicted octanol–water partition coefficient (Wildman–Crippen LogP) is 2.33. The minimum absolute atomic E-state index is 0.0430. The molecule has 132 valence electrons. The third-order valence-electron chi connectivity index (χ3n) is 4.73. The number of amides is 1. The first-order valence-electron chi connectivity index (χ1n) is 8.79. The van der Waals surface area contributed by atoms with Crippen molar-refractivity contribution in [3.63, 3.8) is 0 Å². The molecule has 25 heavy (non-hydrogen) atoms. The molecule has 2 aromatic rings. The highest BCUT2D eigenvalue weighted by molar-refractivity contribution is 5.96. The molecule has 0 bridgehead atoms. The first kappa shape index (κ1) is 17.2. The van der Waals surface area contributed by atoms with E-state index in [1.165, 1.54) is 0 Å². The molecular weight excluding hydrogens is 314 g/mol. The van der Waals surface area contributed by atoms with Crippen molar-refractivity contribution in [1.29, 1.82) is 0 Å². The second kappa shape index (κ2) is 7.51. The average Bonchev–Trinajstić information content (AvgIpc) is 2.64. The zero-order valence-corrected chi connectivity index (χ0v) is 14.8. The van der Waals surface area contributed by atoms with Crippen molar-refractivity contribution in [3.05, 3.63) is 47.4 Å². The molecular formula is C19H25N5O. The maximum absolute atomic E-state index is 12.5. The van der Waals surface area contributed by atoms with Crippen LogP contribution in [-0.2, 0) is 6.42 Å². The highest BCUT2D eigenvalue weighted by Gasteiger charge is 2.22. The third-order valence-corrected chi connectivity index (χ3v) is 4.73. The number of hydrogen-bond donors (Lipinski definition) is 2. The van der Waals surface area contributed by atoms with Crippen LogP contribution in [0.25, 0.3) is 0 Å². The number of piperidine rings is 1. The van der Waals surface area contributed by atoms with Crippen LogP contribution in [0.5, 0.6) is 0 Å². The maximum Gasteiger partial charge on any atom is 0.251 e. The molecule has 1 aliphatic rings. The van der Waals surface area contributed by atoms with Gasteiger partial charge in [0.1, 0.15) is 12.1 Å². The lowest BCUT2D eigenvalue weighted by Gasteiger charge is -2.33. The van der Waals surface area contributed by atoms with Gasteiger partial charge in [-0.15, -0.1) is 0 Å². The molecule has 3 N–H and O–H groups in total. The van der Waals surface area contributed by atoms with Crippen LogP contribution < -0.4 is 16.0 Å². The van der Waals surface area contributed by atoms with E-state index in [0.29, 0.717) is 11.3 Å². The second-order valence-corrected chi connectivity index (χ2v) is 6.53. The summed E-state index contributed by atoms with van der Waals surface area (Å²) in [6, 6.07) is 7.67. The van der Waals surface area contributed by atoms with Crippen molar-refractivity contribution in [2.24, 2.45) is 0 Å². The summed E-state index contributed by atoms with van der Waals surface area (Å²) in [6.07, 6.45) is 4.34. The molecule has 1 aliphatic heterocycles. The maximum atomic E-state index is 12.5. The molecule has 1 saturated heterocycles. The van der Waals surface area contributed by atoms with E-state index in [1.807, 2.05) is 19.1 Å². The summed E-state index contributed by atoms with van der Waals surface area (Å²) in [5, 5.41) is 3.14. The van der Waals surface area contributed by atoms with Gasteiger partial charge in [-0.3, -0.25) is 4.79 Å². The van der Waals surface area contributed by atoms with Crippen molar-refractivity contribution in [1.82, 2.24) is 15.3 Å². The first-order chi connectivity index (χ1) is 12.1. The summed E-state index contributed by atoms with van der Waals surface area (Å²) >= 11 is 0. The van der Waals surface area contributed by atoms with Crippen molar-refractivity contribution >= 4 is 17.4 Å². The fourth-order valence-electron chi connectivity index (χ4n) is 3.15. The second-order valence-electron chi connectivity index (χ2n) is 6.53. The molecule has 6 heteroatoms. The van der Waals surface area contributed by atoms with Crippen LogP contribution in [0.4, 0.5) is 11.5 Å². The number of nitrogens with zero attached hydrogens (tertiary/aromatic N) is 3. The Balaban J connectivity index is 1.59. The fourth-order valence-corrected chi connectivity index (χ4v) is 3.15. The van der Waals surface area contributed by atoms with Crippen molar-refractivity contribution < 1.29 is 4.79 Å². The van der Waals surface area contributed by atoms with Crippen LogP contribution in [0.2, 0.25) is 0 Å². The summed E-state index contributed by atoms with van der Waals surface area (Å²) in [5.74, 6) is 0.932. The number of nitrogens with one attached hydrogen (secondary N) is 1. The molecule has 0 aliphatic carbocycles. The Labute approximate surface area is 148 Å². The van der Waals surface area contributed by atoms with E-state index in [-0.39, 0.29) is 11.9 Å². The quantitative estimate of drug-likeness (QED) is 0.835. The molecule has 0 unspecified atom stereocenters. The number of hydrogen-bond acceptors (Lipinski definition) is 5. The molecule has 1 amide bonds. The van der Waals surface area contributed by atoms with Crippen LogP contribution in [-0.4, -0.2) is 35.0 Å². The normalized spacial score (nSPS) is 15.2. The molecule has 6 nitrogen and oxygen atoms in total. The van der Waals surface area contributed by atoms with E-state index in [1.54, 1.807) is 12.4 Å².